The average Bonchev–Trinajstić information content (AvgIpc) is 3.29. The van der Waals surface area contributed by atoms with Gasteiger partial charge >= 0.3 is 5.97 Å². The van der Waals surface area contributed by atoms with E-state index in [-0.39, 0.29) is 47.7 Å². The first-order valence-corrected chi connectivity index (χ1v) is 21.2. The number of likely N-dealkylation sites (tertiary alicyclic amines) is 2. The van der Waals surface area contributed by atoms with Gasteiger partial charge in [0.25, 0.3) is 5.91 Å². The number of amides is 1. The topological polar surface area (TPSA) is 165 Å². The maximum absolute atomic E-state index is 13.9. The first-order valence-electron chi connectivity index (χ1n) is 21.2. The summed E-state index contributed by atoms with van der Waals surface area (Å²) in [6, 6.07) is 39.6. The number of aliphatic hydroxyl groups is 2. The molecule has 0 saturated carbocycles. The molecule has 0 aliphatic carbocycles. The summed E-state index contributed by atoms with van der Waals surface area (Å²) in [6.45, 7) is 5.09. The molecule has 2 saturated heterocycles. The molecule has 2 atom stereocenters. The van der Waals surface area contributed by atoms with Gasteiger partial charge in [-0.1, -0.05) is 91.0 Å². The standard InChI is InChI=1S/C50H52N4O8/c55-44-20-18-42(43-19-21-46(57)52-47(43)44)45(56)28-51-27-34-14-16-38(17-15-34)48(58)54-30-37(31-54)33-61-41-13-7-12-40(26-41)50(60,39-10-5-2-6-11-39)49(59)62-32-36-22-24-53(25-23-36)29-35-8-3-1-4-9-35/h1-21,26,36-37,45,51,55-56,60H,22-25,27-33H2,(H,52,57)/t45-,50?/m0/s1. The van der Waals surface area contributed by atoms with Gasteiger partial charge in [-0.2, -0.15) is 0 Å². The van der Waals surface area contributed by atoms with E-state index in [1.54, 1.807) is 77.7 Å². The van der Waals surface area contributed by atoms with E-state index in [2.05, 4.69) is 39.5 Å². The molecule has 1 unspecified atom stereocenters. The van der Waals surface area contributed by atoms with Crippen LogP contribution in [-0.4, -0.2) is 87.9 Å². The van der Waals surface area contributed by atoms with Gasteiger partial charge in [0.05, 0.1) is 24.8 Å². The smallest absolute Gasteiger partial charge is 0.347 e. The normalized spacial score (nSPS) is 16.3. The van der Waals surface area contributed by atoms with Crippen molar-refractivity contribution in [3.63, 3.8) is 0 Å². The van der Waals surface area contributed by atoms with Gasteiger partial charge in [0.2, 0.25) is 11.2 Å². The lowest BCUT2D eigenvalue weighted by Crippen LogP contribution is -2.52. The van der Waals surface area contributed by atoms with E-state index in [0.29, 0.717) is 59.6 Å². The van der Waals surface area contributed by atoms with Crippen molar-refractivity contribution in [1.29, 1.82) is 0 Å². The van der Waals surface area contributed by atoms with Crippen molar-refractivity contribution in [3.8, 4) is 11.5 Å². The minimum absolute atomic E-state index is 0.0630. The van der Waals surface area contributed by atoms with Crippen LogP contribution in [0.2, 0.25) is 0 Å². The Balaban J connectivity index is 0.803. The molecule has 2 fully saturated rings. The van der Waals surface area contributed by atoms with Gasteiger partial charge in [-0.15, -0.1) is 0 Å². The molecule has 5 aromatic carbocycles. The molecule has 8 rings (SSSR count). The first kappa shape index (κ1) is 42.4. The number of H-pyrrole nitrogens is 1. The summed E-state index contributed by atoms with van der Waals surface area (Å²) in [4.78, 5) is 45.7. The maximum atomic E-state index is 13.9. The Bertz CT molecular complexity index is 2520. The molecule has 3 heterocycles. The monoisotopic (exact) mass is 836 g/mol. The van der Waals surface area contributed by atoms with Gasteiger partial charge in [-0.3, -0.25) is 14.5 Å². The first-order chi connectivity index (χ1) is 30.1. The van der Waals surface area contributed by atoms with Crippen molar-refractivity contribution in [2.45, 2.75) is 37.6 Å². The van der Waals surface area contributed by atoms with Crippen LogP contribution < -0.4 is 15.6 Å². The third-order valence-corrected chi connectivity index (χ3v) is 12.0. The predicted molar refractivity (Wildman–Crippen MR) is 236 cm³/mol. The van der Waals surface area contributed by atoms with Crippen molar-refractivity contribution in [1.82, 2.24) is 20.1 Å². The van der Waals surface area contributed by atoms with E-state index in [1.165, 1.54) is 17.7 Å². The van der Waals surface area contributed by atoms with Gasteiger partial charge in [0, 0.05) is 61.2 Å². The van der Waals surface area contributed by atoms with E-state index in [9.17, 15) is 29.7 Å². The molecule has 1 amide bonds. The molecule has 0 spiro atoms. The van der Waals surface area contributed by atoms with Crippen LogP contribution in [0.15, 0.2) is 138 Å². The molecule has 2 aliphatic heterocycles. The molecule has 5 N–H and O–H groups in total. The molecule has 0 bridgehead atoms. The number of fused-ring (bicyclic) bond motifs is 1. The molecule has 62 heavy (non-hydrogen) atoms. The number of rotatable bonds is 16. The van der Waals surface area contributed by atoms with Crippen molar-refractivity contribution < 1.29 is 34.4 Å². The van der Waals surface area contributed by atoms with Crippen molar-refractivity contribution in [2.75, 3.05) is 45.9 Å². The number of aromatic hydroxyl groups is 1. The van der Waals surface area contributed by atoms with Crippen LogP contribution in [0.1, 0.15) is 57.1 Å². The number of aromatic amines is 1. The highest BCUT2D eigenvalue weighted by atomic mass is 16.5. The lowest BCUT2D eigenvalue weighted by molar-refractivity contribution is -0.164. The van der Waals surface area contributed by atoms with Crippen LogP contribution in [0.5, 0.6) is 11.5 Å². The Morgan fingerprint density at radius 2 is 1.50 bits per heavy atom. The summed E-state index contributed by atoms with van der Waals surface area (Å²) >= 11 is 0. The predicted octanol–water partition coefficient (Wildman–Crippen LogP) is 5.90. The van der Waals surface area contributed by atoms with Crippen LogP contribution in [0.25, 0.3) is 10.9 Å². The second kappa shape index (κ2) is 19.2. The van der Waals surface area contributed by atoms with E-state index in [0.717, 1.165) is 38.0 Å². The van der Waals surface area contributed by atoms with Crippen molar-refractivity contribution >= 4 is 22.8 Å². The number of hydrogen-bond donors (Lipinski definition) is 5. The molecule has 12 heteroatoms. The number of carbonyl (C=O) groups is 2. The molecular weight excluding hydrogens is 785 g/mol. The number of esters is 1. The summed E-state index contributed by atoms with van der Waals surface area (Å²) < 4.78 is 12.1. The van der Waals surface area contributed by atoms with Crippen LogP contribution in [0.3, 0.4) is 0 Å². The van der Waals surface area contributed by atoms with E-state index in [4.69, 9.17) is 9.47 Å². The summed E-state index contributed by atoms with van der Waals surface area (Å²) in [7, 11) is 0. The Labute approximate surface area is 360 Å². The quantitative estimate of drug-likeness (QED) is 0.0742. The number of hydrogen-bond acceptors (Lipinski definition) is 10. The lowest BCUT2D eigenvalue weighted by Gasteiger charge is -2.39. The van der Waals surface area contributed by atoms with Crippen molar-refractivity contribution in [3.05, 3.63) is 177 Å². The van der Waals surface area contributed by atoms with Crippen LogP contribution >= 0.6 is 0 Å². The minimum Gasteiger partial charge on any atom is -0.506 e. The van der Waals surface area contributed by atoms with Crippen molar-refractivity contribution in [2.24, 2.45) is 11.8 Å². The zero-order valence-electron chi connectivity index (χ0n) is 34.5. The van der Waals surface area contributed by atoms with E-state index >= 15 is 0 Å². The molecule has 320 valence electrons. The second-order valence-electron chi connectivity index (χ2n) is 16.4. The van der Waals surface area contributed by atoms with Crippen LogP contribution in [-0.2, 0) is 28.2 Å². The number of aromatic nitrogens is 1. The molecule has 2 aliphatic rings. The van der Waals surface area contributed by atoms with E-state index < -0.39 is 17.7 Å². The molecule has 0 radical (unpaired) electrons. The summed E-state index contributed by atoms with van der Waals surface area (Å²) in [6.07, 6.45) is 0.932. The number of ether oxygens (including phenoxy) is 2. The third kappa shape index (κ3) is 9.74. The highest BCUT2D eigenvalue weighted by Gasteiger charge is 2.42. The van der Waals surface area contributed by atoms with Gasteiger partial charge in [-0.05, 0) is 90.5 Å². The van der Waals surface area contributed by atoms with Crippen LogP contribution in [0, 0.1) is 11.8 Å². The number of benzene rings is 5. The number of carbonyl (C=O) groups excluding carboxylic acids is 2. The fourth-order valence-corrected chi connectivity index (χ4v) is 8.36. The highest BCUT2D eigenvalue weighted by molar-refractivity contribution is 5.94. The number of aliphatic hydroxyl groups excluding tert-OH is 1. The highest BCUT2D eigenvalue weighted by Crippen LogP contribution is 2.34. The molecular formula is C50H52N4O8. The Morgan fingerprint density at radius 3 is 2.24 bits per heavy atom. The van der Waals surface area contributed by atoms with Gasteiger partial charge in [0.15, 0.2) is 0 Å². The Morgan fingerprint density at radius 1 is 0.790 bits per heavy atom. The SMILES string of the molecule is O=C(c1ccc(CNC[C@H](O)c2ccc(O)c3[nH]c(=O)ccc23)cc1)N1CC(COc2cccc(C(O)(C(=O)OCC3CCN(Cc4ccccc4)CC3)c3ccccc3)c2)C1. The zero-order chi connectivity index (χ0) is 43.1. The zero-order valence-corrected chi connectivity index (χ0v) is 34.5. The Hall–Kier alpha value is -6.31. The maximum Gasteiger partial charge on any atom is 0.347 e. The number of nitrogens with zero attached hydrogens (tertiary/aromatic N) is 2. The minimum atomic E-state index is -2.03. The molecule has 6 aromatic rings. The second-order valence-corrected chi connectivity index (χ2v) is 16.4. The number of phenols is 1. The van der Waals surface area contributed by atoms with Gasteiger partial charge in [-0.25, -0.2) is 4.79 Å². The summed E-state index contributed by atoms with van der Waals surface area (Å²) in [5.41, 5.74) is 2.06. The number of phenolic OH excluding ortho intramolecular Hbond substituents is 1. The van der Waals surface area contributed by atoms with Gasteiger partial charge in [0.1, 0.15) is 11.5 Å². The lowest BCUT2D eigenvalue weighted by atomic mass is 9.86. The average molecular weight is 837 g/mol. The Kier molecular flexibility index (Phi) is 13.1. The fourth-order valence-electron chi connectivity index (χ4n) is 8.36. The third-order valence-electron chi connectivity index (χ3n) is 12.0. The fraction of sp³-hybridized carbons (Fsp3) is 0.300. The summed E-state index contributed by atoms with van der Waals surface area (Å²) in [5, 5.41) is 37.0. The summed E-state index contributed by atoms with van der Waals surface area (Å²) in [5.74, 6) is -0.0275. The number of nitrogens with one attached hydrogen (secondary N) is 2. The molecule has 12 nitrogen and oxygen atoms in total. The molecule has 1 aromatic heterocycles. The van der Waals surface area contributed by atoms with Gasteiger partial charge < -0.3 is 40.0 Å². The van der Waals surface area contributed by atoms with Crippen LogP contribution in [0.4, 0.5) is 0 Å². The van der Waals surface area contributed by atoms with E-state index in [1.807, 2.05) is 24.3 Å². The number of pyridine rings is 1. The largest absolute Gasteiger partial charge is 0.506 e. The number of piperidine rings is 1.